The van der Waals surface area contributed by atoms with Gasteiger partial charge < -0.3 is 15.2 Å². The summed E-state index contributed by atoms with van der Waals surface area (Å²) in [6.45, 7) is 0.255. The SMILES string of the molecule is COc1cc(CNC(C(=O)O)C2CC2)cc([N+](=O)[O-])c1. The Balaban J connectivity index is 2.09. The quantitative estimate of drug-likeness (QED) is 0.580. The number of non-ortho nitro benzene ring substituents is 1. The number of nitro groups is 1. The van der Waals surface area contributed by atoms with Gasteiger partial charge in [-0.1, -0.05) is 0 Å². The highest BCUT2D eigenvalue weighted by Crippen LogP contribution is 2.33. The first-order valence-electron chi connectivity index (χ1n) is 6.30. The Morgan fingerprint density at radius 2 is 2.25 bits per heavy atom. The predicted molar refractivity (Wildman–Crippen MR) is 70.6 cm³/mol. The van der Waals surface area contributed by atoms with Crippen molar-refractivity contribution in [1.82, 2.24) is 5.32 Å². The van der Waals surface area contributed by atoms with E-state index in [1.807, 2.05) is 0 Å². The molecule has 1 aliphatic rings. The number of hydrogen-bond donors (Lipinski definition) is 2. The fraction of sp³-hybridized carbons (Fsp3) is 0.462. The van der Waals surface area contributed by atoms with E-state index in [9.17, 15) is 14.9 Å². The summed E-state index contributed by atoms with van der Waals surface area (Å²) in [5.74, 6) is -0.340. The largest absolute Gasteiger partial charge is 0.496 e. The molecule has 0 bridgehead atoms. The van der Waals surface area contributed by atoms with Crippen molar-refractivity contribution in [2.45, 2.75) is 25.4 Å². The maximum Gasteiger partial charge on any atom is 0.320 e. The lowest BCUT2D eigenvalue weighted by molar-refractivity contribution is -0.385. The number of carboxylic acids is 1. The maximum atomic E-state index is 11.1. The highest BCUT2D eigenvalue weighted by atomic mass is 16.6. The van der Waals surface area contributed by atoms with E-state index in [2.05, 4.69) is 5.32 Å². The van der Waals surface area contributed by atoms with Gasteiger partial charge in [0.15, 0.2) is 0 Å². The van der Waals surface area contributed by atoms with Crippen LogP contribution in [-0.4, -0.2) is 29.2 Å². The summed E-state index contributed by atoms with van der Waals surface area (Å²) in [6.07, 6.45) is 1.81. The first kappa shape index (κ1) is 14.3. The molecule has 20 heavy (non-hydrogen) atoms. The fourth-order valence-electron chi connectivity index (χ4n) is 2.08. The number of nitro benzene ring substituents is 1. The predicted octanol–water partition coefficient (Wildman–Crippen LogP) is 1.56. The van der Waals surface area contributed by atoms with Gasteiger partial charge in [0.05, 0.1) is 18.1 Å². The minimum atomic E-state index is -0.884. The standard InChI is InChI=1S/C13H16N2O5/c1-20-11-5-8(4-10(6-11)15(18)19)7-14-12(13(16)17)9-2-3-9/h4-6,9,12,14H,2-3,7H2,1H3,(H,16,17). The van der Waals surface area contributed by atoms with E-state index in [-0.39, 0.29) is 18.2 Å². The molecule has 2 N–H and O–H groups in total. The van der Waals surface area contributed by atoms with Crippen molar-refractivity contribution in [3.8, 4) is 5.75 Å². The highest BCUT2D eigenvalue weighted by Gasteiger charge is 2.35. The number of hydrogen-bond acceptors (Lipinski definition) is 5. The van der Waals surface area contributed by atoms with Gasteiger partial charge in [0.25, 0.3) is 5.69 Å². The van der Waals surface area contributed by atoms with Crippen LogP contribution in [0.1, 0.15) is 18.4 Å². The van der Waals surface area contributed by atoms with Gasteiger partial charge in [-0.25, -0.2) is 0 Å². The van der Waals surface area contributed by atoms with Crippen LogP contribution in [0.25, 0.3) is 0 Å². The minimum absolute atomic E-state index is 0.0700. The van der Waals surface area contributed by atoms with Crippen LogP contribution in [0.15, 0.2) is 18.2 Å². The van der Waals surface area contributed by atoms with E-state index < -0.39 is 16.9 Å². The Morgan fingerprint density at radius 3 is 2.75 bits per heavy atom. The number of carboxylic acid groups (broad SMARTS) is 1. The maximum absolute atomic E-state index is 11.1. The number of ether oxygens (including phenoxy) is 1. The zero-order valence-corrected chi connectivity index (χ0v) is 11.0. The molecular weight excluding hydrogens is 264 g/mol. The molecule has 1 aromatic carbocycles. The Kier molecular flexibility index (Phi) is 4.19. The number of carbonyl (C=O) groups is 1. The van der Waals surface area contributed by atoms with Crippen LogP contribution in [0.5, 0.6) is 5.75 Å². The number of benzene rings is 1. The molecule has 0 radical (unpaired) electrons. The third-order valence-corrected chi connectivity index (χ3v) is 3.28. The van der Waals surface area contributed by atoms with Crippen molar-refractivity contribution >= 4 is 11.7 Å². The summed E-state index contributed by atoms with van der Waals surface area (Å²) in [4.78, 5) is 21.4. The Hall–Kier alpha value is -2.15. The van der Waals surface area contributed by atoms with Gasteiger partial charge in [-0.3, -0.25) is 14.9 Å². The zero-order chi connectivity index (χ0) is 14.7. The van der Waals surface area contributed by atoms with Crippen LogP contribution in [0, 0.1) is 16.0 Å². The van der Waals surface area contributed by atoms with Crippen molar-refractivity contribution in [2.24, 2.45) is 5.92 Å². The average Bonchev–Trinajstić information content (AvgIpc) is 3.22. The minimum Gasteiger partial charge on any atom is -0.496 e. The van der Waals surface area contributed by atoms with Gasteiger partial charge in [-0.05, 0) is 30.4 Å². The first-order valence-corrected chi connectivity index (χ1v) is 6.30. The van der Waals surface area contributed by atoms with Gasteiger partial charge in [0.2, 0.25) is 0 Å². The zero-order valence-electron chi connectivity index (χ0n) is 11.0. The topological polar surface area (TPSA) is 102 Å². The summed E-state index contributed by atoms with van der Waals surface area (Å²) in [5, 5.41) is 22.9. The molecule has 1 saturated carbocycles. The summed E-state index contributed by atoms with van der Waals surface area (Å²) in [7, 11) is 1.43. The van der Waals surface area contributed by atoms with E-state index in [4.69, 9.17) is 9.84 Å². The van der Waals surface area contributed by atoms with E-state index in [0.717, 1.165) is 12.8 Å². The number of rotatable bonds is 7. The molecule has 1 unspecified atom stereocenters. The van der Waals surface area contributed by atoms with Crippen molar-refractivity contribution in [3.63, 3.8) is 0 Å². The molecule has 0 heterocycles. The van der Waals surface area contributed by atoms with Crippen LogP contribution >= 0.6 is 0 Å². The van der Waals surface area contributed by atoms with Crippen molar-refractivity contribution < 1.29 is 19.6 Å². The molecule has 0 spiro atoms. The van der Waals surface area contributed by atoms with Gasteiger partial charge in [-0.2, -0.15) is 0 Å². The van der Waals surface area contributed by atoms with Crippen LogP contribution < -0.4 is 10.1 Å². The Morgan fingerprint density at radius 1 is 1.55 bits per heavy atom. The molecule has 2 rings (SSSR count). The number of nitrogens with one attached hydrogen (secondary N) is 1. The molecule has 1 aliphatic carbocycles. The average molecular weight is 280 g/mol. The first-order chi connectivity index (χ1) is 9.51. The molecule has 7 heteroatoms. The summed E-state index contributed by atoms with van der Waals surface area (Å²) < 4.78 is 5.01. The number of aliphatic carboxylic acids is 1. The Labute approximate surface area is 115 Å². The van der Waals surface area contributed by atoms with Gasteiger partial charge >= 0.3 is 5.97 Å². The van der Waals surface area contributed by atoms with E-state index >= 15 is 0 Å². The van der Waals surface area contributed by atoms with Crippen molar-refractivity contribution in [1.29, 1.82) is 0 Å². The summed E-state index contributed by atoms with van der Waals surface area (Å²) in [6, 6.07) is 3.81. The van der Waals surface area contributed by atoms with Gasteiger partial charge in [-0.15, -0.1) is 0 Å². The molecule has 1 fully saturated rings. The van der Waals surface area contributed by atoms with E-state index in [1.54, 1.807) is 6.07 Å². The van der Waals surface area contributed by atoms with Crippen LogP contribution in [-0.2, 0) is 11.3 Å². The van der Waals surface area contributed by atoms with Crippen molar-refractivity contribution in [3.05, 3.63) is 33.9 Å². The van der Waals surface area contributed by atoms with Crippen LogP contribution in [0.3, 0.4) is 0 Å². The number of methoxy groups -OCH3 is 1. The van der Waals surface area contributed by atoms with Crippen molar-refractivity contribution in [2.75, 3.05) is 7.11 Å². The lowest BCUT2D eigenvalue weighted by atomic mass is 10.1. The van der Waals surface area contributed by atoms with Crippen LogP contribution in [0.4, 0.5) is 5.69 Å². The molecule has 0 aromatic heterocycles. The molecule has 0 amide bonds. The molecule has 1 aromatic rings. The molecule has 0 saturated heterocycles. The monoisotopic (exact) mass is 280 g/mol. The fourth-order valence-corrected chi connectivity index (χ4v) is 2.08. The normalized spacial score (nSPS) is 15.7. The van der Waals surface area contributed by atoms with E-state index in [0.29, 0.717) is 11.3 Å². The second-order valence-electron chi connectivity index (χ2n) is 4.83. The summed E-state index contributed by atoms with van der Waals surface area (Å²) >= 11 is 0. The second-order valence-corrected chi connectivity index (χ2v) is 4.83. The van der Waals surface area contributed by atoms with E-state index in [1.165, 1.54) is 19.2 Å². The molecule has 0 aliphatic heterocycles. The highest BCUT2D eigenvalue weighted by molar-refractivity contribution is 5.74. The molecular formula is C13H16N2O5. The van der Waals surface area contributed by atoms with Gasteiger partial charge in [0.1, 0.15) is 11.8 Å². The lowest BCUT2D eigenvalue weighted by Gasteiger charge is -2.13. The lowest BCUT2D eigenvalue weighted by Crippen LogP contribution is -2.38. The number of nitrogens with zero attached hydrogens (tertiary/aromatic N) is 1. The van der Waals surface area contributed by atoms with Crippen LogP contribution in [0.2, 0.25) is 0 Å². The third kappa shape index (κ3) is 3.45. The molecule has 7 nitrogen and oxygen atoms in total. The molecule has 108 valence electrons. The van der Waals surface area contributed by atoms with Gasteiger partial charge in [0, 0.05) is 12.6 Å². The Bertz CT molecular complexity index is 527. The summed E-state index contributed by atoms with van der Waals surface area (Å²) in [5.41, 5.74) is 0.558. The smallest absolute Gasteiger partial charge is 0.320 e. The second kappa shape index (κ2) is 5.87. The molecule has 1 atom stereocenters. The third-order valence-electron chi connectivity index (χ3n) is 3.28.